The molecule has 11 heteroatoms. The lowest BCUT2D eigenvalue weighted by Gasteiger charge is -2.21. The number of amides is 1. The van der Waals surface area contributed by atoms with Gasteiger partial charge in [0.1, 0.15) is 11.9 Å². The third-order valence-electron chi connectivity index (χ3n) is 4.98. The van der Waals surface area contributed by atoms with Gasteiger partial charge in [0.2, 0.25) is 5.95 Å². The second kappa shape index (κ2) is 9.53. The zero-order valence-corrected chi connectivity index (χ0v) is 17.3. The van der Waals surface area contributed by atoms with Crippen LogP contribution in [0.15, 0.2) is 17.4 Å². The van der Waals surface area contributed by atoms with E-state index in [9.17, 15) is 9.70 Å². The maximum absolute atomic E-state index is 12.3. The van der Waals surface area contributed by atoms with Crippen molar-refractivity contribution >= 4 is 28.6 Å². The third kappa shape index (κ3) is 4.51. The summed E-state index contributed by atoms with van der Waals surface area (Å²) in [7, 11) is 4.90. The molecular formula is C19H26N6O5. The number of nitrogens with two attached hydrogens (primary N) is 1. The molecule has 2 aromatic rings. The number of ether oxygens (including phenoxy) is 3. The maximum Gasteiger partial charge on any atom is 0.274 e. The lowest BCUT2D eigenvalue weighted by Crippen LogP contribution is -2.36. The van der Waals surface area contributed by atoms with Crippen LogP contribution in [0, 0.1) is 4.91 Å². The van der Waals surface area contributed by atoms with Gasteiger partial charge in [-0.2, -0.15) is 9.99 Å². The molecule has 0 bridgehead atoms. The highest BCUT2D eigenvalue weighted by atomic mass is 16.5. The Morgan fingerprint density at radius 2 is 2.00 bits per heavy atom. The molecule has 11 nitrogen and oxygen atoms in total. The van der Waals surface area contributed by atoms with Crippen LogP contribution in [0.4, 0.5) is 11.8 Å². The van der Waals surface area contributed by atoms with Crippen molar-refractivity contribution in [2.75, 3.05) is 51.6 Å². The summed E-state index contributed by atoms with van der Waals surface area (Å²) in [5.74, 6) is 1.42. The van der Waals surface area contributed by atoms with E-state index in [0.29, 0.717) is 60.2 Å². The normalized spacial score (nSPS) is 15.8. The second-order valence-electron chi connectivity index (χ2n) is 6.95. The Hall–Kier alpha value is -3.21. The first kappa shape index (κ1) is 21.5. The molecule has 162 valence electrons. The molecule has 1 aliphatic heterocycles. The number of rotatable bonds is 9. The van der Waals surface area contributed by atoms with E-state index in [-0.39, 0.29) is 6.54 Å². The molecule has 1 aliphatic rings. The van der Waals surface area contributed by atoms with Crippen molar-refractivity contribution in [1.29, 1.82) is 0 Å². The number of nitroso groups, excluding NO2 is 1. The van der Waals surface area contributed by atoms with Gasteiger partial charge in [-0.1, -0.05) is 0 Å². The van der Waals surface area contributed by atoms with Crippen LogP contribution in [0.2, 0.25) is 0 Å². The summed E-state index contributed by atoms with van der Waals surface area (Å²) in [6.07, 6.45) is 1.34. The summed E-state index contributed by atoms with van der Waals surface area (Å²) in [5.41, 5.74) is 6.74. The van der Waals surface area contributed by atoms with E-state index in [2.05, 4.69) is 15.3 Å². The van der Waals surface area contributed by atoms with Crippen LogP contribution < -0.4 is 20.1 Å². The van der Waals surface area contributed by atoms with E-state index in [4.69, 9.17) is 19.9 Å². The Morgan fingerprint density at radius 1 is 1.27 bits per heavy atom. The minimum absolute atomic E-state index is 0.181. The van der Waals surface area contributed by atoms with E-state index >= 15 is 0 Å². The Balaban J connectivity index is 1.67. The lowest BCUT2D eigenvalue weighted by molar-refractivity contribution is -0.141. The molecule has 0 aliphatic carbocycles. The summed E-state index contributed by atoms with van der Waals surface area (Å²) in [5, 5.41) is 4.43. The van der Waals surface area contributed by atoms with Crippen LogP contribution in [0.1, 0.15) is 19.3 Å². The van der Waals surface area contributed by atoms with Gasteiger partial charge in [0.05, 0.1) is 25.0 Å². The first-order chi connectivity index (χ1) is 14.5. The fraction of sp³-hybridized carbons (Fsp3) is 0.526. The summed E-state index contributed by atoms with van der Waals surface area (Å²) < 4.78 is 16.0. The molecule has 3 rings (SSSR count). The Morgan fingerprint density at radius 3 is 2.63 bits per heavy atom. The predicted octanol–water partition coefficient (Wildman–Crippen LogP) is 1.74. The minimum atomic E-state index is -0.573. The van der Waals surface area contributed by atoms with Crippen molar-refractivity contribution < 1.29 is 19.0 Å². The van der Waals surface area contributed by atoms with Crippen LogP contribution in [0.5, 0.6) is 11.5 Å². The fourth-order valence-electron chi connectivity index (χ4n) is 3.32. The van der Waals surface area contributed by atoms with Crippen LogP contribution in [-0.2, 0) is 9.53 Å². The smallest absolute Gasteiger partial charge is 0.274 e. The molecular weight excluding hydrogens is 392 g/mol. The number of nitrogens with zero attached hydrogens (tertiary/aromatic N) is 5. The molecule has 30 heavy (non-hydrogen) atoms. The highest BCUT2D eigenvalue weighted by Gasteiger charge is 2.29. The molecule has 1 saturated heterocycles. The van der Waals surface area contributed by atoms with E-state index in [1.54, 1.807) is 31.3 Å². The first-order valence-corrected chi connectivity index (χ1v) is 9.65. The standard InChI is InChI=1S/C19H26N6O5/c1-24(7-5-8-25(23-27)18(26)14-6-4-9-30-14)19-21-13-11-16(29-3)15(28-2)10-12(13)17(20)22-19/h10-11,14H,4-9H2,1-3H3,(H2,20,21,22). The Labute approximate surface area is 174 Å². The van der Waals surface area contributed by atoms with Gasteiger partial charge in [0.25, 0.3) is 5.91 Å². The predicted molar refractivity (Wildman–Crippen MR) is 111 cm³/mol. The number of methoxy groups -OCH3 is 2. The van der Waals surface area contributed by atoms with Crippen LogP contribution in [0.3, 0.4) is 0 Å². The quantitative estimate of drug-likeness (QED) is 0.477. The minimum Gasteiger partial charge on any atom is -0.493 e. The largest absolute Gasteiger partial charge is 0.493 e. The number of anilines is 2. The number of nitrogen functional groups attached to an aromatic ring is 1. The van der Waals surface area contributed by atoms with Gasteiger partial charge in [0.15, 0.2) is 11.5 Å². The molecule has 1 aromatic carbocycles. The maximum atomic E-state index is 12.3. The Bertz CT molecular complexity index is 918. The molecule has 2 heterocycles. The molecule has 1 aromatic heterocycles. The number of hydrogen-bond donors (Lipinski definition) is 1. The van der Waals surface area contributed by atoms with Gasteiger partial charge in [-0.25, -0.2) is 4.98 Å². The second-order valence-corrected chi connectivity index (χ2v) is 6.95. The average molecular weight is 418 g/mol. The molecule has 1 unspecified atom stereocenters. The number of hydrogen-bond acceptors (Lipinski definition) is 10. The SMILES string of the molecule is COc1cc2nc(N(C)CCCN(N=O)C(=O)C3CCCO3)nc(N)c2cc1OC. The average Bonchev–Trinajstić information content (AvgIpc) is 3.30. The summed E-state index contributed by atoms with van der Waals surface area (Å²) >= 11 is 0. The van der Waals surface area contributed by atoms with Crippen molar-refractivity contribution in [3.8, 4) is 11.5 Å². The van der Waals surface area contributed by atoms with Gasteiger partial charge in [0, 0.05) is 38.2 Å². The van der Waals surface area contributed by atoms with Crippen molar-refractivity contribution in [3.63, 3.8) is 0 Å². The Kier molecular flexibility index (Phi) is 6.83. The molecule has 0 radical (unpaired) electrons. The van der Waals surface area contributed by atoms with E-state index in [0.717, 1.165) is 11.4 Å². The number of fused-ring (bicyclic) bond motifs is 1. The molecule has 2 N–H and O–H groups in total. The number of carbonyl (C=O) groups is 1. The topological polar surface area (TPSA) is 132 Å². The summed E-state index contributed by atoms with van der Waals surface area (Å²) in [4.78, 5) is 34.0. The van der Waals surface area contributed by atoms with Crippen LogP contribution >= 0.6 is 0 Å². The van der Waals surface area contributed by atoms with E-state index < -0.39 is 12.0 Å². The van der Waals surface area contributed by atoms with E-state index in [1.807, 2.05) is 7.05 Å². The van der Waals surface area contributed by atoms with Crippen molar-refractivity contribution in [2.24, 2.45) is 5.29 Å². The number of aromatic nitrogens is 2. The van der Waals surface area contributed by atoms with E-state index in [1.165, 1.54) is 0 Å². The van der Waals surface area contributed by atoms with Crippen LogP contribution in [-0.4, -0.2) is 68.0 Å². The zero-order valence-electron chi connectivity index (χ0n) is 17.3. The van der Waals surface area contributed by atoms with Gasteiger partial charge in [-0.05, 0) is 25.3 Å². The zero-order chi connectivity index (χ0) is 21.7. The van der Waals surface area contributed by atoms with Gasteiger partial charge in [-0.3, -0.25) is 4.79 Å². The van der Waals surface area contributed by atoms with Crippen molar-refractivity contribution in [1.82, 2.24) is 15.0 Å². The fourth-order valence-corrected chi connectivity index (χ4v) is 3.32. The highest BCUT2D eigenvalue weighted by molar-refractivity contribution is 5.91. The van der Waals surface area contributed by atoms with Crippen molar-refractivity contribution in [3.05, 3.63) is 17.0 Å². The molecule has 1 atom stereocenters. The van der Waals surface area contributed by atoms with Gasteiger partial charge < -0.3 is 24.8 Å². The van der Waals surface area contributed by atoms with Gasteiger partial charge in [-0.15, -0.1) is 4.91 Å². The number of benzene rings is 1. The monoisotopic (exact) mass is 418 g/mol. The molecule has 0 spiro atoms. The molecule has 1 fully saturated rings. The van der Waals surface area contributed by atoms with Crippen molar-refractivity contribution in [2.45, 2.75) is 25.4 Å². The lowest BCUT2D eigenvalue weighted by atomic mass is 10.2. The molecule has 0 saturated carbocycles. The summed E-state index contributed by atoms with van der Waals surface area (Å²) in [6, 6.07) is 3.47. The molecule has 1 amide bonds. The highest BCUT2D eigenvalue weighted by Crippen LogP contribution is 2.34. The third-order valence-corrected chi connectivity index (χ3v) is 4.98. The summed E-state index contributed by atoms with van der Waals surface area (Å²) in [6.45, 7) is 1.20. The van der Waals surface area contributed by atoms with Crippen LogP contribution in [0.25, 0.3) is 10.9 Å². The first-order valence-electron chi connectivity index (χ1n) is 9.65. The van der Waals surface area contributed by atoms with Gasteiger partial charge >= 0.3 is 0 Å². The number of carbonyl (C=O) groups excluding carboxylic acids is 1.